The van der Waals surface area contributed by atoms with Gasteiger partial charge >= 0.3 is 0 Å². The summed E-state index contributed by atoms with van der Waals surface area (Å²) in [5.74, 6) is 3.39. The molecule has 1 heterocycles. The Kier molecular flexibility index (Phi) is 2.86. The van der Waals surface area contributed by atoms with Gasteiger partial charge in [-0.15, -0.1) is 6.42 Å². The Morgan fingerprint density at radius 3 is 3.00 bits per heavy atom. The van der Waals surface area contributed by atoms with E-state index in [2.05, 4.69) is 10.9 Å². The predicted octanol–water partition coefficient (Wildman–Crippen LogP) is 2.34. The smallest absolute Gasteiger partial charge is 0.127 e. The molecule has 82 valence electrons. The molecule has 0 aliphatic rings. The Bertz CT molecular complexity index is 563. The van der Waals surface area contributed by atoms with Crippen LogP contribution in [0, 0.1) is 12.3 Å². The number of benzene rings is 1. The van der Waals surface area contributed by atoms with Crippen LogP contribution >= 0.6 is 11.6 Å². The number of imidazole rings is 1. The summed E-state index contributed by atoms with van der Waals surface area (Å²) in [5, 5.41) is 0.661. The summed E-state index contributed by atoms with van der Waals surface area (Å²) in [6, 6.07) is 5.40. The molecular weight excluding hydrogens is 222 g/mol. The number of hydrogen-bond donors (Lipinski definition) is 1. The van der Waals surface area contributed by atoms with Crippen LogP contribution < -0.4 is 5.73 Å². The average molecular weight is 234 g/mol. The number of nitrogens with zero attached hydrogens (tertiary/aromatic N) is 2. The molecule has 0 spiro atoms. The Morgan fingerprint density at radius 1 is 1.62 bits per heavy atom. The number of hydrogen-bond acceptors (Lipinski definition) is 2. The standard InChI is InChI=1S/C12H12ClN3/c1-3-6-16-11-5-4-9(13)7-10(11)15-12(16)8(2)14/h1,4-5,7-8H,6,14H2,2H3. The number of aromatic nitrogens is 2. The van der Waals surface area contributed by atoms with Gasteiger partial charge in [0.25, 0.3) is 0 Å². The topological polar surface area (TPSA) is 43.8 Å². The molecule has 4 heteroatoms. The molecule has 0 saturated carbocycles. The molecule has 16 heavy (non-hydrogen) atoms. The largest absolute Gasteiger partial charge is 0.322 e. The predicted molar refractivity (Wildman–Crippen MR) is 66.2 cm³/mol. The fourth-order valence-corrected chi connectivity index (χ4v) is 1.89. The first-order chi connectivity index (χ1) is 7.63. The molecular formula is C12H12ClN3. The van der Waals surface area contributed by atoms with Gasteiger partial charge in [-0.2, -0.15) is 0 Å². The van der Waals surface area contributed by atoms with Crippen molar-refractivity contribution in [3.05, 3.63) is 29.0 Å². The van der Waals surface area contributed by atoms with Gasteiger partial charge in [-0.3, -0.25) is 0 Å². The van der Waals surface area contributed by atoms with Crippen molar-refractivity contribution in [3.63, 3.8) is 0 Å². The summed E-state index contributed by atoms with van der Waals surface area (Å²) in [5.41, 5.74) is 7.66. The minimum Gasteiger partial charge on any atom is -0.322 e. The van der Waals surface area contributed by atoms with Crippen LogP contribution in [-0.4, -0.2) is 9.55 Å². The Hall–Kier alpha value is -1.50. The van der Waals surface area contributed by atoms with Crippen molar-refractivity contribution >= 4 is 22.6 Å². The maximum absolute atomic E-state index is 5.92. The summed E-state index contributed by atoms with van der Waals surface area (Å²) in [7, 11) is 0. The van der Waals surface area contributed by atoms with Gasteiger partial charge in [0.05, 0.1) is 23.6 Å². The monoisotopic (exact) mass is 233 g/mol. The minimum absolute atomic E-state index is 0.153. The third-order valence-corrected chi connectivity index (χ3v) is 2.63. The van der Waals surface area contributed by atoms with E-state index < -0.39 is 0 Å². The third kappa shape index (κ3) is 1.78. The van der Waals surface area contributed by atoms with Gasteiger partial charge in [0.15, 0.2) is 0 Å². The highest BCUT2D eigenvalue weighted by Gasteiger charge is 2.13. The summed E-state index contributed by atoms with van der Waals surface area (Å²) in [4.78, 5) is 4.45. The molecule has 0 radical (unpaired) electrons. The molecule has 1 atom stereocenters. The van der Waals surface area contributed by atoms with E-state index in [0.29, 0.717) is 11.6 Å². The lowest BCUT2D eigenvalue weighted by atomic mass is 10.3. The molecule has 0 aliphatic heterocycles. The van der Waals surface area contributed by atoms with Crippen molar-refractivity contribution in [1.29, 1.82) is 0 Å². The SMILES string of the molecule is C#CCn1c(C(C)N)nc2cc(Cl)ccc21. The summed E-state index contributed by atoms with van der Waals surface area (Å²) < 4.78 is 1.94. The van der Waals surface area contributed by atoms with Crippen LogP contribution in [0.5, 0.6) is 0 Å². The summed E-state index contributed by atoms with van der Waals surface area (Å²) >= 11 is 5.92. The van der Waals surface area contributed by atoms with Gasteiger partial charge in [0, 0.05) is 5.02 Å². The van der Waals surface area contributed by atoms with E-state index in [1.807, 2.05) is 29.7 Å². The minimum atomic E-state index is -0.153. The van der Waals surface area contributed by atoms with Crippen molar-refractivity contribution < 1.29 is 0 Å². The zero-order valence-electron chi connectivity index (χ0n) is 8.94. The Labute approximate surface area is 99.2 Å². The first-order valence-electron chi connectivity index (χ1n) is 4.98. The van der Waals surface area contributed by atoms with E-state index in [9.17, 15) is 0 Å². The highest BCUT2D eigenvalue weighted by molar-refractivity contribution is 6.31. The zero-order valence-corrected chi connectivity index (χ0v) is 9.70. The van der Waals surface area contributed by atoms with E-state index in [0.717, 1.165) is 16.9 Å². The van der Waals surface area contributed by atoms with Gasteiger partial charge in [-0.25, -0.2) is 4.98 Å². The van der Waals surface area contributed by atoms with Gasteiger partial charge in [-0.1, -0.05) is 17.5 Å². The number of halogens is 1. The maximum Gasteiger partial charge on any atom is 0.127 e. The van der Waals surface area contributed by atoms with E-state index in [1.54, 1.807) is 0 Å². The van der Waals surface area contributed by atoms with E-state index in [4.69, 9.17) is 23.8 Å². The summed E-state index contributed by atoms with van der Waals surface area (Å²) in [6.45, 7) is 2.35. The molecule has 1 aromatic carbocycles. The second-order valence-corrected chi connectivity index (χ2v) is 4.12. The second kappa shape index (κ2) is 4.17. The first-order valence-corrected chi connectivity index (χ1v) is 5.36. The number of terminal acetylenes is 1. The van der Waals surface area contributed by atoms with E-state index >= 15 is 0 Å². The lowest BCUT2D eigenvalue weighted by Crippen LogP contribution is -2.13. The molecule has 0 aliphatic carbocycles. The van der Waals surface area contributed by atoms with Crippen molar-refractivity contribution in [2.75, 3.05) is 0 Å². The van der Waals surface area contributed by atoms with E-state index in [1.165, 1.54) is 0 Å². The molecule has 2 N–H and O–H groups in total. The van der Waals surface area contributed by atoms with Crippen LogP contribution in [0.25, 0.3) is 11.0 Å². The molecule has 2 aromatic rings. The van der Waals surface area contributed by atoms with Crippen molar-refractivity contribution in [1.82, 2.24) is 9.55 Å². The van der Waals surface area contributed by atoms with Gasteiger partial charge in [0.2, 0.25) is 0 Å². The van der Waals surface area contributed by atoms with Crippen molar-refractivity contribution in [3.8, 4) is 12.3 Å². The van der Waals surface area contributed by atoms with Crippen molar-refractivity contribution in [2.45, 2.75) is 19.5 Å². The molecule has 1 aromatic heterocycles. The van der Waals surface area contributed by atoms with Gasteiger partial charge in [-0.05, 0) is 25.1 Å². The number of rotatable bonds is 2. The Balaban J connectivity index is 2.71. The highest BCUT2D eigenvalue weighted by atomic mass is 35.5. The lowest BCUT2D eigenvalue weighted by Gasteiger charge is -2.07. The highest BCUT2D eigenvalue weighted by Crippen LogP contribution is 2.22. The third-order valence-electron chi connectivity index (χ3n) is 2.40. The van der Waals surface area contributed by atoms with Crippen LogP contribution in [0.1, 0.15) is 18.8 Å². The lowest BCUT2D eigenvalue weighted by molar-refractivity contribution is 0.677. The zero-order chi connectivity index (χ0) is 11.7. The average Bonchev–Trinajstić information content (AvgIpc) is 2.57. The Morgan fingerprint density at radius 2 is 2.38 bits per heavy atom. The van der Waals surface area contributed by atoms with Crippen LogP contribution in [0.15, 0.2) is 18.2 Å². The number of nitrogens with two attached hydrogens (primary N) is 1. The fourth-order valence-electron chi connectivity index (χ4n) is 1.73. The quantitative estimate of drug-likeness (QED) is 0.810. The van der Waals surface area contributed by atoms with Crippen molar-refractivity contribution in [2.24, 2.45) is 5.73 Å². The maximum atomic E-state index is 5.92. The van der Waals surface area contributed by atoms with Gasteiger partial charge in [0.1, 0.15) is 5.82 Å². The fraction of sp³-hybridized carbons (Fsp3) is 0.250. The molecule has 3 nitrogen and oxygen atoms in total. The summed E-state index contributed by atoms with van der Waals surface area (Å²) in [6.07, 6.45) is 5.34. The number of fused-ring (bicyclic) bond motifs is 1. The molecule has 0 amide bonds. The molecule has 0 bridgehead atoms. The molecule has 0 fully saturated rings. The normalized spacial score (nSPS) is 12.6. The molecule has 0 saturated heterocycles. The van der Waals surface area contributed by atoms with Crippen LogP contribution in [0.4, 0.5) is 0 Å². The van der Waals surface area contributed by atoms with E-state index in [-0.39, 0.29) is 6.04 Å². The van der Waals surface area contributed by atoms with Crippen LogP contribution in [-0.2, 0) is 6.54 Å². The molecule has 1 unspecified atom stereocenters. The van der Waals surface area contributed by atoms with Gasteiger partial charge < -0.3 is 10.3 Å². The van der Waals surface area contributed by atoms with Crippen LogP contribution in [0.2, 0.25) is 5.02 Å². The molecule has 2 rings (SSSR count). The second-order valence-electron chi connectivity index (χ2n) is 3.68. The van der Waals surface area contributed by atoms with Crippen LogP contribution in [0.3, 0.4) is 0 Å². The first kappa shape index (κ1) is 11.0.